The molecule has 0 fully saturated rings. The first-order valence-corrected chi connectivity index (χ1v) is 4.87. The van der Waals surface area contributed by atoms with Crippen molar-refractivity contribution in [2.75, 3.05) is 0 Å². The summed E-state index contributed by atoms with van der Waals surface area (Å²) in [6, 6.07) is 0. The van der Waals surface area contributed by atoms with Crippen LogP contribution in [0, 0.1) is 6.92 Å². The van der Waals surface area contributed by atoms with E-state index in [1.165, 1.54) is 30.4 Å². The highest BCUT2D eigenvalue weighted by Gasteiger charge is 1.91. The van der Waals surface area contributed by atoms with Crippen molar-refractivity contribution in [1.29, 1.82) is 0 Å². The Morgan fingerprint density at radius 2 is 1.92 bits per heavy atom. The lowest BCUT2D eigenvalue weighted by atomic mass is 10.1. The molecule has 0 aromatic carbocycles. The summed E-state index contributed by atoms with van der Waals surface area (Å²) in [5.41, 5.74) is 2.96. The van der Waals surface area contributed by atoms with Crippen molar-refractivity contribution >= 4 is 0 Å². The molecule has 0 aromatic heterocycles. The Morgan fingerprint density at radius 3 is 2.33 bits per heavy atom. The average molecular weight is 165 g/mol. The maximum Gasteiger partial charge on any atom is -0.0286 e. The molecule has 0 saturated heterocycles. The Balaban J connectivity index is 3.68. The number of rotatable bonds is 5. The minimum Gasteiger partial charge on any atom is -0.0853 e. The minimum atomic E-state index is 1.14. The summed E-state index contributed by atoms with van der Waals surface area (Å²) < 4.78 is 0. The van der Waals surface area contributed by atoms with Gasteiger partial charge < -0.3 is 0 Å². The first kappa shape index (κ1) is 11.5. The van der Waals surface area contributed by atoms with Gasteiger partial charge in [0.1, 0.15) is 0 Å². The zero-order chi connectivity index (χ0) is 9.40. The lowest BCUT2D eigenvalue weighted by Crippen LogP contribution is -1.80. The van der Waals surface area contributed by atoms with E-state index in [0.29, 0.717) is 0 Å². The van der Waals surface area contributed by atoms with Crippen molar-refractivity contribution in [3.05, 3.63) is 30.2 Å². The van der Waals surface area contributed by atoms with Crippen LogP contribution in [-0.4, -0.2) is 0 Å². The summed E-state index contributed by atoms with van der Waals surface area (Å²) in [6.07, 6.45) is 9.00. The third kappa shape index (κ3) is 5.17. The van der Waals surface area contributed by atoms with Gasteiger partial charge in [-0.3, -0.25) is 0 Å². The molecule has 0 amide bonds. The van der Waals surface area contributed by atoms with Crippen molar-refractivity contribution in [3.63, 3.8) is 0 Å². The predicted octanol–water partition coefficient (Wildman–Crippen LogP) is 4.29. The lowest BCUT2D eigenvalue weighted by molar-refractivity contribution is 0.896. The number of allylic oxidation sites excluding steroid dienone is 4. The predicted molar refractivity (Wildman–Crippen MR) is 57.0 cm³/mol. The van der Waals surface area contributed by atoms with E-state index in [0.717, 1.165) is 6.42 Å². The Kier molecular flexibility index (Phi) is 6.84. The molecule has 0 N–H and O–H groups in total. The lowest BCUT2D eigenvalue weighted by Gasteiger charge is -2.01. The molecule has 0 aliphatic heterocycles. The Hall–Kier alpha value is -0.520. The van der Waals surface area contributed by atoms with E-state index in [1.807, 2.05) is 6.08 Å². The summed E-state index contributed by atoms with van der Waals surface area (Å²) in [4.78, 5) is 0. The smallest absolute Gasteiger partial charge is 0.0286 e. The molecule has 0 aromatic rings. The Bertz CT molecular complexity index is 161. The molecule has 0 heteroatoms. The van der Waals surface area contributed by atoms with Crippen LogP contribution in [0.15, 0.2) is 23.3 Å². The van der Waals surface area contributed by atoms with Crippen LogP contribution in [0.4, 0.5) is 0 Å². The van der Waals surface area contributed by atoms with Crippen molar-refractivity contribution < 1.29 is 0 Å². The second-order valence-electron chi connectivity index (χ2n) is 3.16. The molecule has 0 atom stereocenters. The van der Waals surface area contributed by atoms with Crippen molar-refractivity contribution in [3.8, 4) is 0 Å². The van der Waals surface area contributed by atoms with E-state index >= 15 is 0 Å². The van der Waals surface area contributed by atoms with Gasteiger partial charge in [-0.05, 0) is 39.5 Å². The third-order valence-electron chi connectivity index (χ3n) is 2.26. The largest absolute Gasteiger partial charge is 0.0853 e. The Labute approximate surface area is 77.4 Å². The first-order chi connectivity index (χ1) is 5.74. The molecular formula is C12H21. The monoisotopic (exact) mass is 165 g/mol. The van der Waals surface area contributed by atoms with Crippen molar-refractivity contribution in [2.45, 2.75) is 46.5 Å². The third-order valence-corrected chi connectivity index (χ3v) is 2.26. The average Bonchev–Trinajstić information content (AvgIpc) is 2.12. The van der Waals surface area contributed by atoms with Crippen LogP contribution in [0.5, 0.6) is 0 Å². The fraction of sp³-hybridized carbons (Fsp3) is 0.583. The summed E-state index contributed by atoms with van der Waals surface area (Å²) in [6.45, 7) is 10.4. The van der Waals surface area contributed by atoms with Crippen LogP contribution < -0.4 is 0 Å². The van der Waals surface area contributed by atoms with Gasteiger partial charge in [0.05, 0.1) is 0 Å². The molecule has 0 heterocycles. The molecule has 1 radical (unpaired) electrons. The van der Waals surface area contributed by atoms with Crippen LogP contribution in [0.1, 0.15) is 46.5 Å². The topological polar surface area (TPSA) is 0 Å². The molecule has 12 heavy (non-hydrogen) atoms. The van der Waals surface area contributed by atoms with Gasteiger partial charge in [-0.15, -0.1) is 0 Å². The van der Waals surface area contributed by atoms with Gasteiger partial charge in [0.25, 0.3) is 0 Å². The molecule has 0 bridgehead atoms. The fourth-order valence-electron chi connectivity index (χ4n) is 1.07. The second-order valence-corrected chi connectivity index (χ2v) is 3.16. The van der Waals surface area contributed by atoms with E-state index in [9.17, 15) is 0 Å². The van der Waals surface area contributed by atoms with E-state index in [1.54, 1.807) is 0 Å². The van der Waals surface area contributed by atoms with Crippen LogP contribution in [0.2, 0.25) is 0 Å². The molecule has 0 aliphatic carbocycles. The summed E-state index contributed by atoms with van der Waals surface area (Å²) in [5, 5.41) is 0. The first-order valence-electron chi connectivity index (χ1n) is 4.87. The van der Waals surface area contributed by atoms with Gasteiger partial charge >= 0.3 is 0 Å². The highest BCUT2D eigenvalue weighted by molar-refractivity contribution is 5.06. The summed E-state index contributed by atoms with van der Waals surface area (Å²) >= 11 is 0. The molecule has 69 valence electrons. The SMILES string of the molecule is [CH2]C=C(CC)CCC=C(C)CC. The summed E-state index contributed by atoms with van der Waals surface area (Å²) in [7, 11) is 0. The zero-order valence-corrected chi connectivity index (χ0v) is 8.69. The highest BCUT2D eigenvalue weighted by atomic mass is 14.0. The van der Waals surface area contributed by atoms with Crippen LogP contribution in [-0.2, 0) is 0 Å². The van der Waals surface area contributed by atoms with Crippen LogP contribution in [0.25, 0.3) is 0 Å². The van der Waals surface area contributed by atoms with Gasteiger partial charge in [0.15, 0.2) is 0 Å². The summed E-state index contributed by atoms with van der Waals surface area (Å²) in [5.74, 6) is 0. The normalized spacial score (nSPS) is 13.7. The fourth-order valence-corrected chi connectivity index (χ4v) is 1.07. The second kappa shape index (κ2) is 7.15. The van der Waals surface area contributed by atoms with Crippen molar-refractivity contribution in [2.24, 2.45) is 0 Å². The van der Waals surface area contributed by atoms with E-state index in [4.69, 9.17) is 0 Å². The number of hydrogen-bond donors (Lipinski definition) is 0. The zero-order valence-electron chi connectivity index (χ0n) is 8.69. The van der Waals surface area contributed by atoms with Gasteiger partial charge in [0, 0.05) is 0 Å². The van der Waals surface area contributed by atoms with Gasteiger partial charge in [-0.2, -0.15) is 0 Å². The van der Waals surface area contributed by atoms with Crippen LogP contribution in [0.3, 0.4) is 0 Å². The van der Waals surface area contributed by atoms with Crippen molar-refractivity contribution in [1.82, 2.24) is 0 Å². The maximum absolute atomic E-state index is 3.79. The van der Waals surface area contributed by atoms with Gasteiger partial charge in [-0.25, -0.2) is 0 Å². The van der Waals surface area contributed by atoms with E-state index in [-0.39, 0.29) is 0 Å². The molecule has 0 rings (SSSR count). The van der Waals surface area contributed by atoms with Gasteiger partial charge in [0.2, 0.25) is 0 Å². The quantitative estimate of drug-likeness (QED) is 0.533. The molecule has 0 saturated carbocycles. The van der Waals surface area contributed by atoms with Crippen LogP contribution >= 0.6 is 0 Å². The molecule has 0 unspecified atom stereocenters. The molecule has 0 aliphatic rings. The maximum atomic E-state index is 3.79. The van der Waals surface area contributed by atoms with E-state index in [2.05, 4.69) is 33.8 Å². The minimum absolute atomic E-state index is 1.14. The van der Waals surface area contributed by atoms with E-state index < -0.39 is 0 Å². The van der Waals surface area contributed by atoms with Gasteiger partial charge in [-0.1, -0.05) is 37.1 Å². The molecule has 0 nitrogen and oxygen atoms in total. The molecular weight excluding hydrogens is 144 g/mol. The highest BCUT2D eigenvalue weighted by Crippen LogP contribution is 2.11. The molecule has 0 spiro atoms. The Morgan fingerprint density at radius 1 is 1.25 bits per heavy atom. The number of hydrogen-bond acceptors (Lipinski definition) is 0. The standard InChI is InChI=1S/C12H21/c1-5-11(4)9-8-10-12(6-2)7-3/h6,9H,2,5,7-8,10H2,1,3-4H3.